The van der Waals surface area contributed by atoms with Gasteiger partial charge in [-0.3, -0.25) is 4.79 Å². The van der Waals surface area contributed by atoms with Crippen molar-refractivity contribution < 1.29 is 9.53 Å². The molecule has 22 heavy (non-hydrogen) atoms. The van der Waals surface area contributed by atoms with Crippen LogP contribution in [0.3, 0.4) is 0 Å². The van der Waals surface area contributed by atoms with Gasteiger partial charge in [0.15, 0.2) is 0 Å². The Hall–Kier alpha value is -2.49. The van der Waals surface area contributed by atoms with Gasteiger partial charge in [-0.1, -0.05) is 36.4 Å². The summed E-state index contributed by atoms with van der Waals surface area (Å²) in [6.07, 6.45) is 0.803. The molecule has 0 bridgehead atoms. The Kier molecular flexibility index (Phi) is 4.28. The second-order valence-electron chi connectivity index (χ2n) is 5.49. The number of ether oxygens (including phenoxy) is 1. The third kappa shape index (κ3) is 3.22. The number of benzene rings is 2. The molecule has 3 rings (SSSR count). The van der Waals surface area contributed by atoms with E-state index in [1.807, 2.05) is 66.5 Å². The van der Waals surface area contributed by atoms with Gasteiger partial charge in [-0.2, -0.15) is 0 Å². The minimum Gasteiger partial charge on any atom is -0.493 e. The molecular weight excluding hydrogens is 276 g/mol. The minimum absolute atomic E-state index is 0.0213. The molecule has 1 N–H and O–H groups in total. The van der Waals surface area contributed by atoms with Gasteiger partial charge in [-0.15, -0.1) is 0 Å². The van der Waals surface area contributed by atoms with Crippen molar-refractivity contribution in [3.8, 4) is 5.75 Å². The van der Waals surface area contributed by atoms with E-state index in [-0.39, 0.29) is 11.9 Å². The quantitative estimate of drug-likeness (QED) is 0.943. The second kappa shape index (κ2) is 6.52. The lowest BCUT2D eigenvalue weighted by molar-refractivity contribution is -0.120. The van der Waals surface area contributed by atoms with Gasteiger partial charge in [-0.05, 0) is 18.2 Å². The summed E-state index contributed by atoms with van der Waals surface area (Å²) in [5, 5.41) is 3.12. The van der Waals surface area contributed by atoms with Crippen LogP contribution < -0.4 is 15.0 Å². The van der Waals surface area contributed by atoms with Gasteiger partial charge in [0, 0.05) is 24.7 Å². The van der Waals surface area contributed by atoms with Crippen LogP contribution in [0.15, 0.2) is 54.6 Å². The zero-order valence-corrected chi connectivity index (χ0v) is 12.7. The van der Waals surface area contributed by atoms with Crippen molar-refractivity contribution in [2.24, 2.45) is 0 Å². The van der Waals surface area contributed by atoms with E-state index in [0.29, 0.717) is 13.2 Å². The fourth-order valence-electron chi connectivity index (χ4n) is 2.72. The van der Waals surface area contributed by atoms with E-state index >= 15 is 0 Å². The molecule has 0 radical (unpaired) electrons. The molecule has 0 aliphatic carbocycles. The number of rotatable bonds is 4. The Labute approximate surface area is 130 Å². The zero-order valence-electron chi connectivity index (χ0n) is 12.7. The lowest BCUT2D eigenvalue weighted by Gasteiger charge is -2.27. The molecule has 1 amide bonds. The minimum atomic E-state index is 0.0213. The monoisotopic (exact) mass is 296 g/mol. The van der Waals surface area contributed by atoms with Crippen LogP contribution in [0.5, 0.6) is 5.75 Å². The van der Waals surface area contributed by atoms with Crippen molar-refractivity contribution in [3.05, 3.63) is 60.2 Å². The molecule has 0 saturated heterocycles. The highest BCUT2D eigenvalue weighted by Crippen LogP contribution is 2.31. The number of amides is 1. The molecule has 1 aliphatic heterocycles. The summed E-state index contributed by atoms with van der Waals surface area (Å²) in [6, 6.07) is 17.8. The number of para-hydroxylation sites is 2. The summed E-state index contributed by atoms with van der Waals surface area (Å²) in [5.41, 5.74) is 2.09. The van der Waals surface area contributed by atoms with Crippen molar-refractivity contribution in [1.29, 1.82) is 0 Å². The predicted molar refractivity (Wildman–Crippen MR) is 87.1 cm³/mol. The van der Waals surface area contributed by atoms with Gasteiger partial charge in [-0.25, -0.2) is 0 Å². The van der Waals surface area contributed by atoms with Crippen LogP contribution in [0, 0.1) is 0 Å². The number of nitrogens with zero attached hydrogens (tertiary/aromatic N) is 1. The van der Waals surface area contributed by atoms with E-state index in [0.717, 1.165) is 23.4 Å². The molecule has 1 aliphatic rings. The molecule has 2 aromatic rings. The summed E-state index contributed by atoms with van der Waals surface area (Å²) in [5.74, 6) is 0.892. The molecule has 0 saturated carbocycles. The number of anilines is 1. The van der Waals surface area contributed by atoms with Crippen molar-refractivity contribution in [2.45, 2.75) is 12.5 Å². The Bertz CT molecular complexity index is 643. The first-order chi connectivity index (χ1) is 10.7. The zero-order chi connectivity index (χ0) is 15.4. The van der Waals surface area contributed by atoms with E-state index < -0.39 is 0 Å². The van der Waals surface area contributed by atoms with Gasteiger partial charge >= 0.3 is 0 Å². The van der Waals surface area contributed by atoms with E-state index in [4.69, 9.17) is 4.74 Å². The molecule has 2 aromatic carbocycles. The van der Waals surface area contributed by atoms with Crippen LogP contribution in [0.25, 0.3) is 0 Å². The molecule has 0 spiro atoms. The number of likely N-dealkylation sites (N-methyl/N-ethyl adjacent to an activating group) is 1. The molecule has 114 valence electrons. The first-order valence-electron chi connectivity index (χ1n) is 7.51. The number of carbonyl (C=O) groups excluding carboxylic acids is 1. The number of fused-ring (bicyclic) bond motifs is 1. The van der Waals surface area contributed by atoms with Crippen LogP contribution >= 0.6 is 0 Å². The van der Waals surface area contributed by atoms with E-state index in [1.54, 1.807) is 0 Å². The molecule has 0 fully saturated rings. The molecular formula is C18H20N2O2. The summed E-state index contributed by atoms with van der Waals surface area (Å²) in [4.78, 5) is 14.3. The van der Waals surface area contributed by atoms with E-state index in [2.05, 4.69) is 5.32 Å². The molecule has 1 heterocycles. The normalized spacial score (nSPS) is 16.3. The van der Waals surface area contributed by atoms with Gasteiger partial charge < -0.3 is 15.0 Å². The fraction of sp³-hybridized carbons (Fsp3) is 0.278. The van der Waals surface area contributed by atoms with Crippen LogP contribution in [0.1, 0.15) is 18.0 Å². The van der Waals surface area contributed by atoms with Gasteiger partial charge in [0.05, 0.1) is 19.2 Å². The van der Waals surface area contributed by atoms with Crippen molar-refractivity contribution >= 4 is 11.6 Å². The number of nitrogens with one attached hydrogen (secondary N) is 1. The predicted octanol–water partition coefficient (Wildman–Crippen LogP) is 2.76. The van der Waals surface area contributed by atoms with Crippen molar-refractivity contribution in [2.75, 3.05) is 25.1 Å². The summed E-state index contributed by atoms with van der Waals surface area (Å²) in [6.45, 7) is 0.972. The lowest BCUT2D eigenvalue weighted by atomic mass is 10.0. The van der Waals surface area contributed by atoms with Crippen molar-refractivity contribution in [3.63, 3.8) is 0 Å². The third-order valence-electron chi connectivity index (χ3n) is 3.87. The largest absolute Gasteiger partial charge is 0.493 e. The maximum atomic E-state index is 12.3. The first kappa shape index (κ1) is 14.4. The van der Waals surface area contributed by atoms with Gasteiger partial charge in [0.1, 0.15) is 5.75 Å². The van der Waals surface area contributed by atoms with Crippen LogP contribution in [-0.4, -0.2) is 26.1 Å². The van der Waals surface area contributed by atoms with Crippen LogP contribution in [0.4, 0.5) is 5.69 Å². The smallest absolute Gasteiger partial charge is 0.239 e. The van der Waals surface area contributed by atoms with Crippen LogP contribution in [0.2, 0.25) is 0 Å². The number of hydrogen-bond acceptors (Lipinski definition) is 3. The molecule has 4 nitrogen and oxygen atoms in total. The third-order valence-corrected chi connectivity index (χ3v) is 3.87. The molecule has 0 unspecified atom stereocenters. The SMILES string of the molecule is CN(CC(=O)N[C@@H]1CCOc2ccccc21)c1ccccc1. The summed E-state index contributed by atoms with van der Waals surface area (Å²) >= 11 is 0. The van der Waals surface area contributed by atoms with Crippen LogP contribution in [-0.2, 0) is 4.79 Å². The lowest BCUT2D eigenvalue weighted by Crippen LogP contribution is -2.38. The Morgan fingerprint density at radius 2 is 1.91 bits per heavy atom. The Morgan fingerprint density at radius 1 is 1.18 bits per heavy atom. The number of hydrogen-bond donors (Lipinski definition) is 1. The summed E-state index contributed by atoms with van der Waals surface area (Å²) in [7, 11) is 1.92. The number of carbonyl (C=O) groups is 1. The topological polar surface area (TPSA) is 41.6 Å². The highest BCUT2D eigenvalue weighted by atomic mass is 16.5. The van der Waals surface area contributed by atoms with Crippen molar-refractivity contribution in [1.82, 2.24) is 5.32 Å². The van der Waals surface area contributed by atoms with Gasteiger partial charge in [0.25, 0.3) is 0 Å². The van der Waals surface area contributed by atoms with E-state index in [1.165, 1.54) is 0 Å². The maximum absolute atomic E-state index is 12.3. The molecule has 4 heteroatoms. The maximum Gasteiger partial charge on any atom is 0.239 e. The fourth-order valence-corrected chi connectivity index (χ4v) is 2.72. The summed E-state index contributed by atoms with van der Waals surface area (Å²) < 4.78 is 5.62. The molecule has 1 atom stereocenters. The average molecular weight is 296 g/mol. The highest BCUT2D eigenvalue weighted by Gasteiger charge is 2.22. The second-order valence-corrected chi connectivity index (χ2v) is 5.49. The Morgan fingerprint density at radius 3 is 2.73 bits per heavy atom. The first-order valence-corrected chi connectivity index (χ1v) is 7.51. The highest BCUT2D eigenvalue weighted by molar-refractivity contribution is 5.81. The van der Waals surface area contributed by atoms with Gasteiger partial charge in [0.2, 0.25) is 5.91 Å². The molecule has 0 aromatic heterocycles. The van der Waals surface area contributed by atoms with E-state index in [9.17, 15) is 4.79 Å². The standard InChI is InChI=1S/C18H20N2O2/c1-20(14-7-3-2-4-8-14)13-18(21)19-16-11-12-22-17-10-6-5-9-15(16)17/h2-10,16H,11-13H2,1H3,(H,19,21)/t16-/m1/s1. The Balaban J connectivity index is 1.63. The average Bonchev–Trinajstić information content (AvgIpc) is 2.56.